The van der Waals surface area contributed by atoms with Crippen molar-refractivity contribution in [1.29, 1.82) is 0 Å². The van der Waals surface area contributed by atoms with Crippen LogP contribution in [0.25, 0.3) is 0 Å². The Morgan fingerprint density at radius 2 is 0.714 bits per heavy atom. The van der Waals surface area contributed by atoms with Gasteiger partial charge in [0.25, 0.3) is 0 Å². The molecule has 2 nitrogen and oxygen atoms in total. The summed E-state index contributed by atoms with van der Waals surface area (Å²) in [6, 6.07) is 0. The summed E-state index contributed by atoms with van der Waals surface area (Å²) in [7, 11) is 0. The van der Waals surface area contributed by atoms with E-state index < -0.39 is 0 Å². The van der Waals surface area contributed by atoms with E-state index in [-0.39, 0.29) is 11.6 Å². The topological polar surface area (TPSA) is 34.1 Å². The molecular weight excluding hydrogens is 448 g/mol. The van der Waals surface area contributed by atoms with E-state index in [1.54, 1.807) is 0 Å². The molecule has 1 aromatic heterocycles. The lowest BCUT2D eigenvalue weighted by Crippen LogP contribution is -2.06. The van der Waals surface area contributed by atoms with Crippen molar-refractivity contribution < 1.29 is 9.59 Å². The molecule has 202 valence electrons. The molecule has 35 heavy (non-hydrogen) atoms. The van der Waals surface area contributed by atoms with E-state index in [0.717, 1.165) is 25.7 Å². The van der Waals surface area contributed by atoms with Crippen molar-refractivity contribution in [3.8, 4) is 0 Å². The SMILES string of the molecule is CCCCCCCCCCCCCC(=O)c1cscc1C(=O)CCCCCCCCCCCCC. The first kappa shape index (κ1) is 32.1. The minimum absolute atomic E-state index is 0.171. The van der Waals surface area contributed by atoms with Gasteiger partial charge in [0.05, 0.1) is 0 Å². The molecule has 0 spiro atoms. The molecule has 0 radical (unpaired) electrons. The maximum atomic E-state index is 12.7. The van der Waals surface area contributed by atoms with Crippen molar-refractivity contribution in [1.82, 2.24) is 0 Å². The Bertz CT molecular complexity index is 581. The minimum Gasteiger partial charge on any atom is -0.294 e. The first-order valence-electron chi connectivity index (χ1n) is 15.3. The van der Waals surface area contributed by atoms with Crippen LogP contribution in [0.3, 0.4) is 0 Å². The van der Waals surface area contributed by atoms with Gasteiger partial charge in [-0.3, -0.25) is 9.59 Å². The molecular formula is C32H56O2S. The van der Waals surface area contributed by atoms with Gasteiger partial charge >= 0.3 is 0 Å². The highest BCUT2D eigenvalue weighted by molar-refractivity contribution is 7.08. The van der Waals surface area contributed by atoms with Gasteiger partial charge in [0.1, 0.15) is 0 Å². The molecule has 0 amide bonds. The van der Waals surface area contributed by atoms with Crippen LogP contribution in [0.4, 0.5) is 0 Å². The van der Waals surface area contributed by atoms with Crippen LogP contribution in [-0.4, -0.2) is 11.6 Å². The van der Waals surface area contributed by atoms with Crippen molar-refractivity contribution in [2.75, 3.05) is 0 Å². The number of carbonyl (C=O) groups is 2. The third-order valence-electron chi connectivity index (χ3n) is 7.28. The number of Topliss-reactive ketones (excluding diaryl/α,β-unsaturated/α-hetero) is 2. The molecule has 0 bridgehead atoms. The van der Waals surface area contributed by atoms with Crippen LogP contribution in [0, 0.1) is 0 Å². The van der Waals surface area contributed by atoms with Crippen LogP contribution >= 0.6 is 11.3 Å². The predicted octanol–water partition coefficient (Wildman–Crippen LogP) is 11.5. The lowest BCUT2D eigenvalue weighted by molar-refractivity contribution is 0.0947. The molecule has 0 saturated carbocycles. The number of hydrogen-bond donors (Lipinski definition) is 0. The zero-order valence-electron chi connectivity index (χ0n) is 23.4. The summed E-state index contributed by atoms with van der Waals surface area (Å²) >= 11 is 1.50. The fraction of sp³-hybridized carbons (Fsp3) is 0.812. The number of ketones is 2. The standard InChI is InChI=1S/C32H56O2S/c1-3-5-7-9-11-13-15-17-19-21-23-25-31(33)29-27-35-28-30(29)32(34)26-24-22-20-18-16-14-12-10-8-6-4-2/h27-28H,3-26H2,1-2H3. The Kier molecular flexibility index (Phi) is 21.5. The number of thiophene rings is 1. The van der Waals surface area contributed by atoms with Gasteiger partial charge in [-0.2, -0.15) is 11.3 Å². The summed E-state index contributed by atoms with van der Waals surface area (Å²) < 4.78 is 0. The molecule has 0 aliphatic carbocycles. The Morgan fingerprint density at radius 3 is 1.00 bits per heavy atom. The normalized spacial score (nSPS) is 11.3. The average Bonchev–Trinajstić information content (AvgIpc) is 3.36. The molecule has 3 heteroatoms. The second kappa shape index (κ2) is 23.4. The second-order valence-corrected chi connectivity index (χ2v) is 11.4. The number of hydrogen-bond acceptors (Lipinski definition) is 3. The molecule has 1 aromatic rings. The lowest BCUT2D eigenvalue weighted by atomic mass is 9.98. The van der Waals surface area contributed by atoms with E-state index in [9.17, 15) is 9.59 Å². The first-order valence-corrected chi connectivity index (χ1v) is 16.3. The lowest BCUT2D eigenvalue weighted by Gasteiger charge is -2.05. The van der Waals surface area contributed by atoms with Gasteiger partial charge in [-0.05, 0) is 12.8 Å². The predicted molar refractivity (Wildman–Crippen MR) is 155 cm³/mol. The highest BCUT2D eigenvalue weighted by atomic mass is 32.1. The van der Waals surface area contributed by atoms with Gasteiger partial charge in [-0.25, -0.2) is 0 Å². The molecule has 1 rings (SSSR count). The smallest absolute Gasteiger partial charge is 0.164 e. The fourth-order valence-corrected chi connectivity index (χ4v) is 5.75. The van der Waals surface area contributed by atoms with Crippen molar-refractivity contribution >= 4 is 22.9 Å². The summed E-state index contributed by atoms with van der Waals surface area (Å²) in [6.07, 6.45) is 29.5. The minimum atomic E-state index is 0.171. The Balaban J connectivity index is 2.07. The number of rotatable bonds is 26. The van der Waals surface area contributed by atoms with E-state index in [0.29, 0.717) is 24.0 Å². The van der Waals surface area contributed by atoms with Crippen LogP contribution in [-0.2, 0) is 0 Å². The summed E-state index contributed by atoms with van der Waals surface area (Å²) in [4.78, 5) is 25.4. The summed E-state index contributed by atoms with van der Waals surface area (Å²) in [5, 5.41) is 3.79. The third kappa shape index (κ3) is 17.2. The van der Waals surface area contributed by atoms with Crippen molar-refractivity contribution in [2.24, 2.45) is 0 Å². The molecule has 0 atom stereocenters. The van der Waals surface area contributed by atoms with Crippen molar-refractivity contribution in [3.63, 3.8) is 0 Å². The quantitative estimate of drug-likeness (QED) is 0.0928. The Hall–Kier alpha value is -0.960. The zero-order chi connectivity index (χ0) is 25.4. The molecule has 1 heterocycles. The Labute approximate surface area is 222 Å². The maximum Gasteiger partial charge on any atom is 0.164 e. The van der Waals surface area contributed by atoms with Crippen LogP contribution in [0.2, 0.25) is 0 Å². The largest absolute Gasteiger partial charge is 0.294 e. The van der Waals surface area contributed by atoms with Crippen LogP contribution in [0.1, 0.15) is 189 Å². The number of carbonyl (C=O) groups excluding carboxylic acids is 2. The summed E-state index contributed by atoms with van der Waals surface area (Å²) in [5.41, 5.74) is 1.38. The molecule has 0 N–H and O–H groups in total. The highest BCUT2D eigenvalue weighted by Gasteiger charge is 2.17. The number of unbranched alkanes of at least 4 members (excludes halogenated alkanes) is 20. The van der Waals surface area contributed by atoms with Gasteiger partial charge < -0.3 is 0 Å². The van der Waals surface area contributed by atoms with Gasteiger partial charge in [-0.15, -0.1) is 0 Å². The van der Waals surface area contributed by atoms with Crippen molar-refractivity contribution in [2.45, 2.75) is 168 Å². The molecule has 0 aliphatic rings. The average molecular weight is 505 g/mol. The molecule has 0 unspecified atom stereocenters. The fourth-order valence-electron chi connectivity index (χ4n) is 4.90. The van der Waals surface area contributed by atoms with Gasteiger partial charge in [0.2, 0.25) is 0 Å². The van der Waals surface area contributed by atoms with Crippen LogP contribution in [0.5, 0.6) is 0 Å². The van der Waals surface area contributed by atoms with E-state index in [1.807, 2.05) is 10.8 Å². The Morgan fingerprint density at radius 1 is 0.457 bits per heavy atom. The summed E-state index contributed by atoms with van der Waals surface area (Å²) in [5.74, 6) is 0.342. The highest BCUT2D eigenvalue weighted by Crippen LogP contribution is 2.22. The second-order valence-electron chi connectivity index (χ2n) is 10.6. The monoisotopic (exact) mass is 504 g/mol. The third-order valence-corrected chi connectivity index (χ3v) is 8.02. The maximum absolute atomic E-state index is 12.7. The van der Waals surface area contributed by atoms with Gasteiger partial charge in [0.15, 0.2) is 11.6 Å². The van der Waals surface area contributed by atoms with E-state index in [4.69, 9.17) is 0 Å². The van der Waals surface area contributed by atoms with Gasteiger partial charge in [0, 0.05) is 34.7 Å². The van der Waals surface area contributed by atoms with E-state index in [1.165, 1.54) is 127 Å². The van der Waals surface area contributed by atoms with E-state index >= 15 is 0 Å². The molecule has 0 saturated heterocycles. The van der Waals surface area contributed by atoms with Crippen LogP contribution in [0.15, 0.2) is 10.8 Å². The first-order chi connectivity index (χ1) is 17.2. The summed E-state index contributed by atoms with van der Waals surface area (Å²) in [6.45, 7) is 4.53. The molecule has 0 aromatic carbocycles. The van der Waals surface area contributed by atoms with Gasteiger partial charge in [-0.1, -0.05) is 142 Å². The van der Waals surface area contributed by atoms with Crippen LogP contribution < -0.4 is 0 Å². The molecule has 0 aliphatic heterocycles. The molecule has 0 fully saturated rings. The zero-order valence-corrected chi connectivity index (χ0v) is 24.2. The van der Waals surface area contributed by atoms with E-state index in [2.05, 4.69) is 13.8 Å². The van der Waals surface area contributed by atoms with Crippen molar-refractivity contribution in [3.05, 3.63) is 21.9 Å².